The van der Waals surface area contributed by atoms with Crippen LogP contribution in [0.5, 0.6) is 5.75 Å². The summed E-state index contributed by atoms with van der Waals surface area (Å²) in [5.74, 6) is -0.937. The van der Waals surface area contributed by atoms with E-state index in [1.807, 2.05) is 0 Å². The largest absolute Gasteiger partial charge is 0.496 e. The highest BCUT2D eigenvalue weighted by molar-refractivity contribution is 9.10. The number of hydrogen-bond acceptors (Lipinski definition) is 2. The van der Waals surface area contributed by atoms with Crippen molar-refractivity contribution in [2.24, 2.45) is 0 Å². The molecule has 1 atom stereocenters. The highest BCUT2D eigenvalue weighted by Gasteiger charge is 2.22. The van der Waals surface area contributed by atoms with Crippen LogP contribution in [-0.4, -0.2) is 12.2 Å². The van der Waals surface area contributed by atoms with Gasteiger partial charge in [-0.15, -0.1) is 0 Å². The van der Waals surface area contributed by atoms with Gasteiger partial charge in [0.05, 0.1) is 11.6 Å². The van der Waals surface area contributed by atoms with Crippen LogP contribution in [-0.2, 0) is 0 Å². The Hall–Kier alpha value is -0.980. The van der Waals surface area contributed by atoms with Crippen LogP contribution in [0.25, 0.3) is 0 Å². The van der Waals surface area contributed by atoms with Gasteiger partial charge in [-0.05, 0) is 34.1 Å². The Morgan fingerprint density at radius 3 is 2.40 bits per heavy atom. The number of hydrogen-bond donors (Lipinski definition) is 1. The van der Waals surface area contributed by atoms with Gasteiger partial charge in [-0.1, -0.05) is 22.0 Å². The van der Waals surface area contributed by atoms with Gasteiger partial charge in [0.25, 0.3) is 0 Å². The molecule has 6 heteroatoms. The molecule has 106 valence electrons. The third-order valence-electron chi connectivity index (χ3n) is 2.84. The predicted molar refractivity (Wildman–Crippen MR) is 78.8 cm³/mol. The first-order chi connectivity index (χ1) is 9.45. The summed E-state index contributed by atoms with van der Waals surface area (Å²) in [7, 11) is 1.36. The Kier molecular flexibility index (Phi) is 4.78. The number of methoxy groups -OCH3 is 1. The lowest BCUT2D eigenvalue weighted by Gasteiger charge is -2.17. The van der Waals surface area contributed by atoms with Crippen LogP contribution in [0.1, 0.15) is 17.2 Å². The van der Waals surface area contributed by atoms with Gasteiger partial charge in [-0.2, -0.15) is 0 Å². The molecule has 0 bridgehead atoms. The standard InChI is InChI=1S/C14H10Br2F2O2/c1-20-12-6-11(18)9(16)5-7(12)14(19)13-8(15)3-2-4-10(13)17/h2-6,14,19H,1H3. The van der Waals surface area contributed by atoms with Crippen LogP contribution in [0.15, 0.2) is 39.3 Å². The summed E-state index contributed by atoms with van der Waals surface area (Å²) in [5.41, 5.74) is 0.343. The Bertz CT molecular complexity index is 627. The molecule has 0 heterocycles. The number of rotatable bonds is 3. The molecule has 1 unspecified atom stereocenters. The highest BCUT2D eigenvalue weighted by atomic mass is 79.9. The molecule has 0 aliphatic heterocycles. The van der Waals surface area contributed by atoms with E-state index in [9.17, 15) is 13.9 Å². The van der Waals surface area contributed by atoms with Crippen molar-refractivity contribution in [3.8, 4) is 5.75 Å². The zero-order valence-corrected chi connectivity index (χ0v) is 13.5. The van der Waals surface area contributed by atoms with Crippen LogP contribution < -0.4 is 4.74 Å². The van der Waals surface area contributed by atoms with Crippen LogP contribution in [0.3, 0.4) is 0 Å². The lowest BCUT2D eigenvalue weighted by atomic mass is 10.00. The quantitative estimate of drug-likeness (QED) is 0.806. The lowest BCUT2D eigenvalue weighted by molar-refractivity contribution is 0.208. The average Bonchev–Trinajstić information content (AvgIpc) is 2.41. The summed E-state index contributed by atoms with van der Waals surface area (Å²) in [6.45, 7) is 0. The van der Waals surface area contributed by atoms with Crippen molar-refractivity contribution in [2.75, 3.05) is 7.11 Å². The maximum absolute atomic E-state index is 13.9. The molecule has 1 N–H and O–H groups in total. The second-order valence-corrected chi connectivity index (χ2v) is 5.75. The van der Waals surface area contributed by atoms with Gasteiger partial charge in [0.2, 0.25) is 0 Å². The van der Waals surface area contributed by atoms with Gasteiger partial charge >= 0.3 is 0 Å². The van der Waals surface area contributed by atoms with Crippen molar-refractivity contribution in [2.45, 2.75) is 6.10 Å². The average molecular weight is 408 g/mol. The molecule has 0 aromatic heterocycles. The number of halogens is 4. The normalized spacial score (nSPS) is 12.3. The fraction of sp³-hybridized carbons (Fsp3) is 0.143. The molecule has 0 amide bonds. The van der Waals surface area contributed by atoms with E-state index in [4.69, 9.17) is 4.74 Å². The van der Waals surface area contributed by atoms with Gasteiger partial charge in [-0.25, -0.2) is 8.78 Å². The van der Waals surface area contributed by atoms with Crippen molar-refractivity contribution < 1.29 is 18.6 Å². The van der Waals surface area contributed by atoms with E-state index in [0.29, 0.717) is 4.47 Å². The van der Waals surface area contributed by atoms with Gasteiger partial charge in [0, 0.05) is 21.7 Å². The molecule has 2 nitrogen and oxygen atoms in total. The van der Waals surface area contributed by atoms with Crippen molar-refractivity contribution in [1.29, 1.82) is 0 Å². The Labute approximate surface area is 131 Å². The minimum atomic E-state index is -1.28. The van der Waals surface area contributed by atoms with Gasteiger partial charge in [0.15, 0.2) is 0 Å². The van der Waals surface area contributed by atoms with Crippen LogP contribution >= 0.6 is 31.9 Å². The third kappa shape index (κ3) is 2.87. The van der Waals surface area contributed by atoms with Crippen LogP contribution in [0.4, 0.5) is 8.78 Å². The summed E-state index contributed by atoms with van der Waals surface area (Å²) < 4.78 is 33.0. The monoisotopic (exact) mass is 406 g/mol. The molecule has 0 aliphatic carbocycles. The first kappa shape index (κ1) is 15.4. The minimum Gasteiger partial charge on any atom is -0.496 e. The van der Waals surface area contributed by atoms with E-state index in [1.165, 1.54) is 25.3 Å². The molecule has 0 saturated carbocycles. The van der Waals surface area contributed by atoms with Crippen molar-refractivity contribution in [3.63, 3.8) is 0 Å². The van der Waals surface area contributed by atoms with Gasteiger partial charge in [0.1, 0.15) is 23.5 Å². The predicted octanol–water partition coefficient (Wildman–Crippen LogP) is 4.58. The first-order valence-electron chi connectivity index (χ1n) is 5.60. The van der Waals surface area contributed by atoms with Gasteiger partial charge < -0.3 is 9.84 Å². The number of aliphatic hydroxyl groups is 1. The zero-order chi connectivity index (χ0) is 14.9. The number of ether oxygens (including phenoxy) is 1. The van der Waals surface area contributed by atoms with E-state index >= 15 is 0 Å². The van der Waals surface area contributed by atoms with Crippen molar-refractivity contribution >= 4 is 31.9 Å². The highest BCUT2D eigenvalue weighted by Crippen LogP contribution is 2.37. The molecule has 20 heavy (non-hydrogen) atoms. The molecule has 0 fully saturated rings. The molecule has 0 aliphatic rings. The molecule has 2 aromatic carbocycles. The van der Waals surface area contributed by atoms with Crippen molar-refractivity contribution in [1.82, 2.24) is 0 Å². The van der Waals surface area contributed by atoms with E-state index in [2.05, 4.69) is 31.9 Å². The van der Waals surface area contributed by atoms with Gasteiger partial charge in [-0.3, -0.25) is 0 Å². The summed E-state index contributed by atoms with van der Waals surface area (Å²) in [4.78, 5) is 0. The molecule has 0 spiro atoms. The maximum atomic E-state index is 13.9. The topological polar surface area (TPSA) is 29.5 Å². The zero-order valence-electron chi connectivity index (χ0n) is 10.3. The third-order valence-corrected chi connectivity index (χ3v) is 4.14. The summed E-state index contributed by atoms with van der Waals surface area (Å²) >= 11 is 6.24. The van der Waals surface area contributed by atoms with E-state index < -0.39 is 17.7 Å². The SMILES string of the molecule is COc1cc(F)c(Br)cc1C(O)c1c(F)cccc1Br. The lowest BCUT2D eigenvalue weighted by Crippen LogP contribution is -2.06. The Morgan fingerprint density at radius 2 is 1.80 bits per heavy atom. The molecule has 2 aromatic rings. The van der Waals surface area contributed by atoms with E-state index in [-0.39, 0.29) is 21.3 Å². The smallest absolute Gasteiger partial charge is 0.141 e. The maximum Gasteiger partial charge on any atom is 0.141 e. The second-order valence-electron chi connectivity index (χ2n) is 4.05. The minimum absolute atomic E-state index is 0.0734. The second kappa shape index (κ2) is 6.20. The number of benzene rings is 2. The Balaban J connectivity index is 2.59. The van der Waals surface area contributed by atoms with Crippen molar-refractivity contribution in [3.05, 3.63) is 62.0 Å². The summed E-state index contributed by atoms with van der Waals surface area (Å²) in [6, 6.07) is 6.89. The molecular weight excluding hydrogens is 398 g/mol. The molecular formula is C14H10Br2F2O2. The van der Waals surface area contributed by atoms with Crippen LogP contribution in [0.2, 0.25) is 0 Å². The van der Waals surface area contributed by atoms with E-state index in [0.717, 1.165) is 6.07 Å². The molecule has 0 saturated heterocycles. The number of aliphatic hydroxyl groups excluding tert-OH is 1. The first-order valence-corrected chi connectivity index (χ1v) is 7.19. The molecule has 2 rings (SSSR count). The molecule has 0 radical (unpaired) electrons. The summed E-state index contributed by atoms with van der Waals surface area (Å²) in [6.07, 6.45) is -1.28. The fourth-order valence-electron chi connectivity index (χ4n) is 1.86. The summed E-state index contributed by atoms with van der Waals surface area (Å²) in [5, 5.41) is 10.4. The van der Waals surface area contributed by atoms with E-state index in [1.54, 1.807) is 6.07 Å². The Morgan fingerprint density at radius 1 is 1.10 bits per heavy atom. The van der Waals surface area contributed by atoms with Crippen LogP contribution in [0, 0.1) is 11.6 Å². The fourth-order valence-corrected chi connectivity index (χ4v) is 2.78.